The first kappa shape index (κ1) is 25.6. The maximum absolute atomic E-state index is 13.5. The molecule has 35 heavy (non-hydrogen) atoms. The van der Waals surface area contributed by atoms with Gasteiger partial charge in [0.2, 0.25) is 5.91 Å². The number of carbonyl (C=O) groups excluding carboxylic acids is 1. The molecule has 2 aromatic carbocycles. The molecule has 190 valence electrons. The van der Waals surface area contributed by atoms with Gasteiger partial charge < -0.3 is 19.1 Å². The van der Waals surface area contributed by atoms with Crippen molar-refractivity contribution in [3.05, 3.63) is 65.5 Å². The highest BCUT2D eigenvalue weighted by molar-refractivity contribution is 5.79. The fourth-order valence-electron chi connectivity index (χ4n) is 4.70. The van der Waals surface area contributed by atoms with Crippen LogP contribution < -0.4 is 4.74 Å². The Labute approximate surface area is 208 Å². The van der Waals surface area contributed by atoms with Gasteiger partial charge in [-0.05, 0) is 54.2 Å². The number of likely N-dealkylation sites (tertiary alicyclic amines) is 1. The van der Waals surface area contributed by atoms with Crippen LogP contribution in [0.5, 0.6) is 5.75 Å². The van der Waals surface area contributed by atoms with Crippen LogP contribution in [0.25, 0.3) is 0 Å². The lowest BCUT2D eigenvalue weighted by Crippen LogP contribution is -2.53. The molecule has 1 amide bonds. The van der Waals surface area contributed by atoms with Crippen molar-refractivity contribution < 1.29 is 23.4 Å². The lowest BCUT2D eigenvalue weighted by molar-refractivity contribution is -0.143. The van der Waals surface area contributed by atoms with Crippen molar-refractivity contribution in [2.75, 3.05) is 39.7 Å². The lowest BCUT2D eigenvalue weighted by Gasteiger charge is -2.42. The molecule has 0 unspecified atom stereocenters. The van der Waals surface area contributed by atoms with E-state index in [1.54, 1.807) is 12.1 Å². The molecule has 4 rings (SSSR count). The highest BCUT2D eigenvalue weighted by atomic mass is 19.1. The summed E-state index contributed by atoms with van der Waals surface area (Å²) in [4.78, 5) is 17.9. The monoisotopic (exact) mass is 484 g/mol. The van der Waals surface area contributed by atoms with Crippen molar-refractivity contribution in [3.63, 3.8) is 0 Å². The Morgan fingerprint density at radius 2 is 1.66 bits per heavy atom. The second-order valence-electron chi connectivity index (χ2n) is 9.95. The number of hydrogen-bond acceptors (Lipinski definition) is 5. The molecule has 2 fully saturated rings. The summed E-state index contributed by atoms with van der Waals surface area (Å²) in [5, 5.41) is 0. The van der Waals surface area contributed by atoms with E-state index in [1.165, 1.54) is 12.1 Å². The smallest absolute Gasteiger partial charge is 0.227 e. The van der Waals surface area contributed by atoms with E-state index in [4.69, 9.17) is 14.2 Å². The predicted molar refractivity (Wildman–Crippen MR) is 133 cm³/mol. The Bertz CT molecular complexity index is 921. The largest absolute Gasteiger partial charge is 0.493 e. The van der Waals surface area contributed by atoms with Crippen LogP contribution >= 0.6 is 0 Å². The molecule has 0 radical (unpaired) electrons. The van der Waals surface area contributed by atoms with Crippen molar-refractivity contribution >= 4 is 5.91 Å². The lowest BCUT2D eigenvalue weighted by atomic mass is 9.99. The van der Waals surface area contributed by atoms with E-state index in [0.29, 0.717) is 45.5 Å². The summed E-state index contributed by atoms with van der Waals surface area (Å²) in [7, 11) is 0. The SMILES string of the molecule is CC(C)COc1ccc(CC(=O)N(Cc2ccc(F)cc2)C2CCN(C3COCOC3)CC2)cc1. The van der Waals surface area contributed by atoms with Gasteiger partial charge in [0.25, 0.3) is 0 Å². The molecule has 2 heterocycles. The predicted octanol–water partition coefficient (Wildman–Crippen LogP) is 4.27. The van der Waals surface area contributed by atoms with Gasteiger partial charge in [-0.15, -0.1) is 0 Å². The van der Waals surface area contributed by atoms with E-state index in [0.717, 1.165) is 42.8 Å². The Hall–Kier alpha value is -2.48. The molecule has 0 spiro atoms. The normalized spacial score (nSPS) is 18.1. The number of hydrogen-bond donors (Lipinski definition) is 0. The maximum Gasteiger partial charge on any atom is 0.227 e. The average Bonchev–Trinajstić information content (AvgIpc) is 2.88. The summed E-state index contributed by atoms with van der Waals surface area (Å²) in [6, 6.07) is 14.7. The van der Waals surface area contributed by atoms with Gasteiger partial charge in [0.05, 0.1) is 32.3 Å². The molecule has 2 aliphatic heterocycles. The fourth-order valence-corrected chi connectivity index (χ4v) is 4.70. The zero-order valence-corrected chi connectivity index (χ0v) is 20.8. The molecule has 0 aliphatic carbocycles. The van der Waals surface area contributed by atoms with Crippen LogP contribution in [0.4, 0.5) is 4.39 Å². The molecule has 0 saturated carbocycles. The maximum atomic E-state index is 13.5. The standard InChI is InChI=1S/C28H37FN2O4/c1-21(2)17-35-27-9-5-22(6-10-27)15-28(32)31(16-23-3-7-24(29)8-4-23)25-11-13-30(14-12-25)26-18-33-20-34-19-26/h3-10,21,25-26H,11-20H2,1-2H3. The van der Waals surface area contributed by atoms with Crippen molar-refractivity contribution in [2.24, 2.45) is 5.92 Å². The number of rotatable bonds is 9. The molecule has 0 bridgehead atoms. The third kappa shape index (κ3) is 7.50. The molecule has 6 nitrogen and oxygen atoms in total. The van der Waals surface area contributed by atoms with Crippen molar-refractivity contribution in [2.45, 2.75) is 51.7 Å². The minimum absolute atomic E-state index is 0.0907. The van der Waals surface area contributed by atoms with Crippen LogP contribution in [0, 0.1) is 11.7 Å². The van der Waals surface area contributed by atoms with Gasteiger partial charge in [0.15, 0.2) is 0 Å². The number of benzene rings is 2. The van der Waals surface area contributed by atoms with Crippen LogP contribution in [-0.4, -0.2) is 67.5 Å². The molecule has 0 atom stereocenters. The average molecular weight is 485 g/mol. The minimum atomic E-state index is -0.267. The molecule has 7 heteroatoms. The highest BCUT2D eigenvalue weighted by Gasteiger charge is 2.31. The molecular weight excluding hydrogens is 447 g/mol. The number of amides is 1. The molecule has 0 N–H and O–H groups in total. The van der Waals surface area contributed by atoms with Crippen molar-refractivity contribution in [1.82, 2.24) is 9.80 Å². The van der Waals surface area contributed by atoms with Crippen molar-refractivity contribution in [1.29, 1.82) is 0 Å². The van der Waals surface area contributed by atoms with Gasteiger partial charge >= 0.3 is 0 Å². The van der Waals surface area contributed by atoms with Crippen LogP contribution in [-0.2, 0) is 27.2 Å². The van der Waals surface area contributed by atoms with Gasteiger partial charge in [-0.25, -0.2) is 4.39 Å². The summed E-state index contributed by atoms with van der Waals surface area (Å²) in [5.74, 6) is 1.10. The molecule has 2 aliphatic rings. The van der Waals surface area contributed by atoms with Crippen LogP contribution in [0.2, 0.25) is 0 Å². The first-order valence-corrected chi connectivity index (χ1v) is 12.6. The summed E-state index contributed by atoms with van der Waals surface area (Å²) < 4.78 is 30.2. The second kappa shape index (κ2) is 12.5. The quantitative estimate of drug-likeness (QED) is 0.532. The third-order valence-corrected chi connectivity index (χ3v) is 6.69. The van der Waals surface area contributed by atoms with E-state index in [9.17, 15) is 9.18 Å². The summed E-state index contributed by atoms with van der Waals surface area (Å²) in [6.45, 7) is 8.94. The zero-order chi connectivity index (χ0) is 24.6. The van der Waals surface area contributed by atoms with Crippen LogP contribution in [0.15, 0.2) is 48.5 Å². The number of ether oxygens (including phenoxy) is 3. The minimum Gasteiger partial charge on any atom is -0.493 e. The molecule has 2 aromatic rings. The first-order valence-electron chi connectivity index (χ1n) is 12.6. The first-order chi connectivity index (χ1) is 17.0. The highest BCUT2D eigenvalue weighted by Crippen LogP contribution is 2.23. The Morgan fingerprint density at radius 3 is 2.29 bits per heavy atom. The Balaban J connectivity index is 1.41. The van der Waals surface area contributed by atoms with E-state index in [-0.39, 0.29) is 23.8 Å². The summed E-state index contributed by atoms with van der Waals surface area (Å²) >= 11 is 0. The van der Waals surface area contributed by atoms with Gasteiger partial charge in [-0.2, -0.15) is 0 Å². The topological polar surface area (TPSA) is 51.2 Å². The number of halogens is 1. The molecule has 2 saturated heterocycles. The fraction of sp³-hybridized carbons (Fsp3) is 0.536. The molecular formula is C28H37FN2O4. The van der Waals surface area contributed by atoms with E-state index in [1.807, 2.05) is 29.2 Å². The van der Waals surface area contributed by atoms with Gasteiger partial charge in [0.1, 0.15) is 18.4 Å². The van der Waals surface area contributed by atoms with E-state index < -0.39 is 0 Å². The summed E-state index contributed by atoms with van der Waals surface area (Å²) in [5.41, 5.74) is 1.90. The Kier molecular flexibility index (Phi) is 9.12. The summed E-state index contributed by atoms with van der Waals surface area (Å²) in [6.07, 6.45) is 2.12. The van der Waals surface area contributed by atoms with Gasteiger partial charge in [-0.1, -0.05) is 38.1 Å². The molecule has 0 aromatic heterocycles. The van der Waals surface area contributed by atoms with E-state index in [2.05, 4.69) is 18.7 Å². The number of nitrogens with zero attached hydrogens (tertiary/aromatic N) is 2. The Morgan fingerprint density at radius 1 is 1.03 bits per heavy atom. The van der Waals surface area contributed by atoms with Crippen LogP contribution in [0.3, 0.4) is 0 Å². The zero-order valence-electron chi connectivity index (χ0n) is 20.8. The van der Waals surface area contributed by atoms with Gasteiger partial charge in [-0.3, -0.25) is 9.69 Å². The van der Waals surface area contributed by atoms with E-state index >= 15 is 0 Å². The number of carbonyl (C=O) groups is 1. The number of piperidine rings is 1. The van der Waals surface area contributed by atoms with Gasteiger partial charge in [0, 0.05) is 25.7 Å². The van der Waals surface area contributed by atoms with Crippen molar-refractivity contribution in [3.8, 4) is 5.75 Å². The second-order valence-corrected chi connectivity index (χ2v) is 9.95. The third-order valence-electron chi connectivity index (χ3n) is 6.69. The van der Waals surface area contributed by atoms with Crippen LogP contribution in [0.1, 0.15) is 37.8 Å².